The molecule has 1 atom stereocenters. The molecule has 6 heteroatoms. The van der Waals surface area contributed by atoms with Crippen molar-refractivity contribution in [3.8, 4) is 0 Å². The monoisotopic (exact) mass is 339 g/mol. The van der Waals surface area contributed by atoms with Crippen LogP contribution in [0.25, 0.3) is 0 Å². The highest BCUT2D eigenvalue weighted by molar-refractivity contribution is 9.09. The number of alkyl halides is 1. The third-order valence-electron chi connectivity index (χ3n) is 4.04. The molecule has 2 aliphatic rings. The highest BCUT2D eigenvalue weighted by Gasteiger charge is 2.34. The maximum atomic E-state index is 12.0. The van der Waals surface area contributed by atoms with Crippen molar-refractivity contribution in [3.63, 3.8) is 0 Å². The molecule has 0 bridgehead atoms. The van der Waals surface area contributed by atoms with Gasteiger partial charge in [0.25, 0.3) is 0 Å². The van der Waals surface area contributed by atoms with Gasteiger partial charge in [-0.05, 0) is 31.1 Å². The fraction of sp³-hybridized carbons (Fsp3) is 1.00. The van der Waals surface area contributed by atoms with E-state index in [1.807, 2.05) is 0 Å². The van der Waals surface area contributed by atoms with E-state index in [4.69, 9.17) is 4.74 Å². The second-order valence-corrected chi connectivity index (χ2v) is 7.99. The lowest BCUT2D eigenvalue weighted by atomic mass is 9.89. The Bertz CT molecular complexity index is 360. The molecule has 4 nitrogen and oxygen atoms in total. The molecule has 1 saturated heterocycles. The summed E-state index contributed by atoms with van der Waals surface area (Å²) in [7, 11) is -3.20. The molecular formula is C12H22BrNO3S. The van der Waals surface area contributed by atoms with Gasteiger partial charge in [-0.3, -0.25) is 0 Å². The Morgan fingerprint density at radius 3 is 2.56 bits per heavy atom. The van der Waals surface area contributed by atoms with Gasteiger partial charge in [-0.15, -0.1) is 0 Å². The quantitative estimate of drug-likeness (QED) is 0.753. The van der Waals surface area contributed by atoms with Gasteiger partial charge in [-0.1, -0.05) is 28.8 Å². The average Bonchev–Trinajstić information content (AvgIpc) is 2.97. The highest BCUT2D eigenvalue weighted by atomic mass is 79.9. The summed E-state index contributed by atoms with van der Waals surface area (Å²) in [5.74, 6) is 0.116. The summed E-state index contributed by atoms with van der Waals surface area (Å²) in [5.41, 5.74) is 0.129. The number of ether oxygens (including phenoxy) is 1. The van der Waals surface area contributed by atoms with Crippen molar-refractivity contribution in [1.82, 2.24) is 4.72 Å². The van der Waals surface area contributed by atoms with Crippen LogP contribution in [0.1, 0.15) is 38.5 Å². The number of hydrogen-bond acceptors (Lipinski definition) is 3. The van der Waals surface area contributed by atoms with E-state index in [0.717, 1.165) is 31.0 Å². The van der Waals surface area contributed by atoms with Crippen LogP contribution in [-0.4, -0.2) is 38.8 Å². The van der Waals surface area contributed by atoms with Crippen LogP contribution >= 0.6 is 15.9 Å². The van der Waals surface area contributed by atoms with Crippen molar-refractivity contribution in [1.29, 1.82) is 0 Å². The number of sulfonamides is 1. The maximum absolute atomic E-state index is 12.0. The lowest BCUT2D eigenvalue weighted by molar-refractivity contribution is 0.127. The molecule has 18 heavy (non-hydrogen) atoms. The largest absolute Gasteiger partial charge is 0.377 e. The van der Waals surface area contributed by atoms with E-state index in [2.05, 4.69) is 20.7 Å². The van der Waals surface area contributed by atoms with Crippen molar-refractivity contribution in [3.05, 3.63) is 0 Å². The first-order valence-electron chi connectivity index (χ1n) is 6.70. The molecule has 2 rings (SSSR count). The van der Waals surface area contributed by atoms with Crippen molar-refractivity contribution < 1.29 is 13.2 Å². The average molecular weight is 340 g/mol. The molecule has 1 aliphatic heterocycles. The summed E-state index contributed by atoms with van der Waals surface area (Å²) < 4.78 is 32.2. The van der Waals surface area contributed by atoms with E-state index >= 15 is 0 Å². The zero-order valence-electron chi connectivity index (χ0n) is 10.7. The smallest absolute Gasteiger partial charge is 0.214 e. The first-order valence-corrected chi connectivity index (χ1v) is 9.48. The fourth-order valence-electron chi connectivity index (χ4n) is 2.83. The zero-order valence-corrected chi connectivity index (χ0v) is 13.1. The first-order chi connectivity index (χ1) is 8.55. The topological polar surface area (TPSA) is 55.4 Å². The van der Waals surface area contributed by atoms with Gasteiger partial charge in [0, 0.05) is 18.5 Å². The van der Waals surface area contributed by atoms with E-state index in [0.29, 0.717) is 13.2 Å². The van der Waals surface area contributed by atoms with Gasteiger partial charge in [0.1, 0.15) is 0 Å². The molecule has 2 fully saturated rings. The lowest BCUT2D eigenvalue weighted by Gasteiger charge is -2.26. The van der Waals surface area contributed by atoms with Crippen LogP contribution < -0.4 is 4.72 Å². The molecule has 106 valence electrons. The Kier molecular flexibility index (Phi) is 5.08. The number of halogens is 1. The number of rotatable bonds is 6. The molecule has 0 amide bonds. The van der Waals surface area contributed by atoms with Gasteiger partial charge in [0.05, 0.1) is 11.9 Å². The Balaban J connectivity index is 1.83. The molecule has 1 saturated carbocycles. The number of nitrogens with one attached hydrogen (secondary N) is 1. The van der Waals surface area contributed by atoms with Crippen LogP contribution in [0, 0.1) is 5.41 Å². The second-order valence-electron chi connectivity index (χ2n) is 5.58. The van der Waals surface area contributed by atoms with Crippen LogP contribution in [0.2, 0.25) is 0 Å². The molecular weight excluding hydrogens is 318 g/mol. The molecule has 0 radical (unpaired) electrons. The van der Waals surface area contributed by atoms with Gasteiger partial charge in [-0.25, -0.2) is 13.1 Å². The molecule has 0 aromatic carbocycles. The highest BCUT2D eigenvalue weighted by Crippen LogP contribution is 2.39. The Morgan fingerprint density at radius 2 is 2.00 bits per heavy atom. The molecule has 1 N–H and O–H groups in total. The Hall–Kier alpha value is 0.350. The van der Waals surface area contributed by atoms with Crippen LogP contribution in [0.4, 0.5) is 0 Å². The number of hydrogen-bond donors (Lipinski definition) is 1. The fourth-order valence-corrected chi connectivity index (χ4v) is 4.98. The van der Waals surface area contributed by atoms with E-state index in [9.17, 15) is 8.42 Å². The van der Waals surface area contributed by atoms with Gasteiger partial charge in [0.2, 0.25) is 10.0 Å². The molecule has 1 aliphatic carbocycles. The summed E-state index contributed by atoms with van der Waals surface area (Å²) in [6.45, 7) is 1.26. The van der Waals surface area contributed by atoms with Crippen molar-refractivity contribution in [2.45, 2.75) is 44.6 Å². The summed E-state index contributed by atoms with van der Waals surface area (Å²) >= 11 is 3.53. The first kappa shape index (κ1) is 14.8. The summed E-state index contributed by atoms with van der Waals surface area (Å²) in [6, 6.07) is 0. The van der Waals surface area contributed by atoms with Crippen LogP contribution in [0.3, 0.4) is 0 Å². The third kappa shape index (κ3) is 3.92. The Labute approximate surface area is 118 Å². The predicted molar refractivity (Wildman–Crippen MR) is 75.5 cm³/mol. The maximum Gasteiger partial charge on any atom is 0.214 e. The van der Waals surface area contributed by atoms with Gasteiger partial charge < -0.3 is 4.74 Å². The van der Waals surface area contributed by atoms with Crippen molar-refractivity contribution >= 4 is 26.0 Å². The molecule has 0 spiro atoms. The van der Waals surface area contributed by atoms with Crippen molar-refractivity contribution in [2.24, 2.45) is 5.41 Å². The SMILES string of the molecule is O=S(=O)(CC1CCCO1)NCC1(CBr)CCCC1. The van der Waals surface area contributed by atoms with E-state index in [1.54, 1.807) is 0 Å². The molecule has 0 aromatic rings. The van der Waals surface area contributed by atoms with Gasteiger partial charge >= 0.3 is 0 Å². The summed E-state index contributed by atoms with van der Waals surface area (Å²) in [6.07, 6.45) is 6.38. The normalized spacial score (nSPS) is 27.7. The molecule has 1 heterocycles. The predicted octanol–water partition coefficient (Wildman–Crippen LogP) is 2.04. The molecule has 1 unspecified atom stereocenters. The van der Waals surface area contributed by atoms with Gasteiger partial charge in [-0.2, -0.15) is 0 Å². The minimum absolute atomic E-state index is 0.106. The van der Waals surface area contributed by atoms with Crippen LogP contribution in [0.5, 0.6) is 0 Å². The molecule has 0 aromatic heterocycles. The van der Waals surface area contributed by atoms with E-state index in [-0.39, 0.29) is 17.3 Å². The third-order valence-corrected chi connectivity index (χ3v) is 6.63. The van der Waals surface area contributed by atoms with Crippen LogP contribution in [0.15, 0.2) is 0 Å². The Morgan fingerprint density at radius 1 is 1.28 bits per heavy atom. The second kappa shape index (κ2) is 6.20. The summed E-state index contributed by atoms with van der Waals surface area (Å²) in [4.78, 5) is 0. The minimum atomic E-state index is -3.20. The zero-order chi connectivity index (χ0) is 13.1. The van der Waals surface area contributed by atoms with Gasteiger partial charge in [0.15, 0.2) is 0 Å². The van der Waals surface area contributed by atoms with Crippen molar-refractivity contribution in [2.75, 3.05) is 24.2 Å². The summed E-state index contributed by atoms with van der Waals surface area (Å²) in [5, 5.41) is 0.877. The standard InChI is InChI=1S/C12H22BrNO3S/c13-9-12(5-1-2-6-12)10-14-18(15,16)8-11-4-3-7-17-11/h11,14H,1-10H2. The lowest BCUT2D eigenvalue weighted by Crippen LogP contribution is -2.40. The van der Waals surface area contributed by atoms with E-state index < -0.39 is 10.0 Å². The van der Waals surface area contributed by atoms with Crippen LogP contribution in [-0.2, 0) is 14.8 Å². The van der Waals surface area contributed by atoms with E-state index in [1.165, 1.54) is 12.8 Å². The minimum Gasteiger partial charge on any atom is -0.377 e.